The van der Waals surface area contributed by atoms with Crippen molar-refractivity contribution >= 4 is 29.9 Å². The van der Waals surface area contributed by atoms with Crippen LogP contribution in [-0.2, 0) is 9.47 Å². The van der Waals surface area contributed by atoms with Gasteiger partial charge in [-0.25, -0.2) is 0 Å². The van der Waals surface area contributed by atoms with Crippen LogP contribution < -0.4 is 5.32 Å². The molecular weight excluding hydrogens is 479 g/mol. The Morgan fingerprint density at radius 2 is 1.93 bits per heavy atom. The van der Waals surface area contributed by atoms with Crippen LogP contribution in [-0.4, -0.2) is 81.9 Å². The normalized spacial score (nSPS) is 21.0. The van der Waals surface area contributed by atoms with E-state index in [0.717, 1.165) is 71.5 Å². The van der Waals surface area contributed by atoms with E-state index in [2.05, 4.69) is 52.2 Å². The third-order valence-electron chi connectivity index (χ3n) is 5.64. The van der Waals surface area contributed by atoms with Crippen LogP contribution in [0.15, 0.2) is 23.2 Å². The van der Waals surface area contributed by atoms with Gasteiger partial charge in [-0.15, -0.1) is 24.0 Å². The van der Waals surface area contributed by atoms with Gasteiger partial charge in [-0.05, 0) is 44.4 Å². The maximum absolute atomic E-state index is 6.08. The Kier molecular flexibility index (Phi) is 10.7. The fraction of sp³-hybridized carbons (Fsp3) is 0.682. The van der Waals surface area contributed by atoms with Crippen LogP contribution in [0.5, 0.6) is 0 Å². The Bertz CT molecular complexity index is 650. The van der Waals surface area contributed by atoms with E-state index in [1.807, 2.05) is 7.05 Å². The Labute approximate surface area is 193 Å². The maximum atomic E-state index is 6.08. The molecule has 0 aliphatic carbocycles. The fourth-order valence-corrected chi connectivity index (χ4v) is 4.03. The first-order valence-electron chi connectivity index (χ1n) is 10.6. The molecule has 1 atom stereocenters. The summed E-state index contributed by atoms with van der Waals surface area (Å²) in [5, 5.41) is 3.55. The Hall–Kier alpha value is -0.900. The van der Waals surface area contributed by atoms with Crippen molar-refractivity contribution < 1.29 is 9.47 Å². The summed E-state index contributed by atoms with van der Waals surface area (Å²) >= 11 is 0. The van der Waals surface area contributed by atoms with Gasteiger partial charge in [0, 0.05) is 33.2 Å². The van der Waals surface area contributed by atoms with Gasteiger partial charge in [0.2, 0.25) is 0 Å². The summed E-state index contributed by atoms with van der Waals surface area (Å²) in [7, 11) is 1.87. The molecule has 2 heterocycles. The third kappa shape index (κ3) is 7.38. The van der Waals surface area contributed by atoms with Crippen LogP contribution in [0.25, 0.3) is 0 Å². The van der Waals surface area contributed by atoms with Crippen molar-refractivity contribution in [1.29, 1.82) is 0 Å². The molecule has 0 bridgehead atoms. The minimum Gasteiger partial charge on any atom is -0.379 e. The molecule has 2 saturated heterocycles. The second-order valence-corrected chi connectivity index (χ2v) is 7.80. The number of benzene rings is 1. The molecule has 0 spiro atoms. The highest BCUT2D eigenvalue weighted by molar-refractivity contribution is 14.0. The number of ether oxygens (including phenoxy) is 2. The number of guanidine groups is 1. The molecule has 6 nitrogen and oxygen atoms in total. The molecule has 2 aliphatic heterocycles. The molecule has 1 unspecified atom stereocenters. The molecule has 1 N–H and O–H groups in total. The SMILES string of the molecule is CN=C(NCCCCN1CCOCC1)N1CCOC(c2ccc(C)cc2C)C1.I. The van der Waals surface area contributed by atoms with E-state index in [-0.39, 0.29) is 30.1 Å². The van der Waals surface area contributed by atoms with Gasteiger partial charge in [-0.3, -0.25) is 9.89 Å². The molecule has 0 aromatic heterocycles. The van der Waals surface area contributed by atoms with E-state index in [1.165, 1.54) is 23.1 Å². The van der Waals surface area contributed by atoms with Crippen LogP contribution in [0, 0.1) is 13.8 Å². The first-order valence-corrected chi connectivity index (χ1v) is 10.6. The topological polar surface area (TPSA) is 49.3 Å². The fourth-order valence-electron chi connectivity index (χ4n) is 4.03. The number of aryl methyl sites for hydroxylation is 2. The van der Waals surface area contributed by atoms with Crippen LogP contribution in [0.2, 0.25) is 0 Å². The van der Waals surface area contributed by atoms with Crippen LogP contribution in [0.4, 0.5) is 0 Å². The average molecular weight is 516 g/mol. The number of hydrogen-bond acceptors (Lipinski definition) is 4. The lowest BCUT2D eigenvalue weighted by molar-refractivity contribution is -0.00832. The summed E-state index contributed by atoms with van der Waals surface area (Å²) in [4.78, 5) is 9.34. The monoisotopic (exact) mass is 516 g/mol. The van der Waals surface area contributed by atoms with Crippen molar-refractivity contribution in [3.8, 4) is 0 Å². The number of nitrogens with one attached hydrogen (secondary N) is 1. The standard InChI is InChI=1S/C22H36N4O2.HI/c1-18-6-7-20(19(2)16-18)21-17-26(12-15-28-21)22(23-3)24-8-4-5-9-25-10-13-27-14-11-25;/h6-7,16,21H,4-5,8-15,17H2,1-3H3,(H,23,24);1H. The first-order chi connectivity index (χ1) is 13.7. The van der Waals surface area contributed by atoms with Gasteiger partial charge in [0.25, 0.3) is 0 Å². The molecule has 1 aromatic carbocycles. The highest BCUT2D eigenvalue weighted by atomic mass is 127. The molecule has 0 saturated carbocycles. The van der Waals surface area contributed by atoms with E-state index in [9.17, 15) is 0 Å². The largest absolute Gasteiger partial charge is 0.379 e. The zero-order valence-corrected chi connectivity index (χ0v) is 20.5. The molecule has 2 aliphatic rings. The smallest absolute Gasteiger partial charge is 0.193 e. The summed E-state index contributed by atoms with van der Waals surface area (Å²) in [6.45, 7) is 12.8. The number of unbranched alkanes of at least 4 members (excludes halogenated alkanes) is 1. The Morgan fingerprint density at radius 3 is 2.66 bits per heavy atom. The van der Waals surface area contributed by atoms with Crippen molar-refractivity contribution in [3.63, 3.8) is 0 Å². The van der Waals surface area contributed by atoms with Gasteiger partial charge in [-0.1, -0.05) is 23.8 Å². The molecule has 7 heteroatoms. The summed E-state index contributed by atoms with van der Waals surface area (Å²) in [6, 6.07) is 6.62. The predicted octanol–water partition coefficient (Wildman–Crippen LogP) is 2.98. The second-order valence-electron chi connectivity index (χ2n) is 7.80. The minimum absolute atomic E-state index is 0. The summed E-state index contributed by atoms with van der Waals surface area (Å²) in [5.74, 6) is 0.990. The van der Waals surface area contributed by atoms with E-state index in [0.29, 0.717) is 0 Å². The van der Waals surface area contributed by atoms with E-state index in [1.54, 1.807) is 0 Å². The number of morpholine rings is 2. The van der Waals surface area contributed by atoms with Crippen molar-refractivity contribution in [1.82, 2.24) is 15.1 Å². The molecule has 164 valence electrons. The maximum Gasteiger partial charge on any atom is 0.193 e. The van der Waals surface area contributed by atoms with Crippen molar-refractivity contribution in [2.45, 2.75) is 32.8 Å². The van der Waals surface area contributed by atoms with Gasteiger partial charge in [0.1, 0.15) is 6.10 Å². The molecule has 2 fully saturated rings. The number of rotatable bonds is 6. The van der Waals surface area contributed by atoms with Gasteiger partial charge in [0.05, 0.1) is 26.4 Å². The third-order valence-corrected chi connectivity index (χ3v) is 5.64. The minimum atomic E-state index is 0. The second kappa shape index (κ2) is 12.7. The average Bonchev–Trinajstić information content (AvgIpc) is 2.71. The number of aliphatic imine (C=N–C) groups is 1. The quantitative estimate of drug-likeness (QED) is 0.273. The van der Waals surface area contributed by atoms with Gasteiger partial charge in [0.15, 0.2) is 5.96 Å². The molecule has 3 rings (SSSR count). The zero-order valence-electron chi connectivity index (χ0n) is 18.2. The highest BCUT2D eigenvalue weighted by Crippen LogP contribution is 2.25. The Balaban J connectivity index is 0.00000300. The lowest BCUT2D eigenvalue weighted by Crippen LogP contribution is -2.48. The van der Waals surface area contributed by atoms with E-state index in [4.69, 9.17) is 9.47 Å². The summed E-state index contributed by atoms with van der Waals surface area (Å²) in [6.07, 6.45) is 2.47. The van der Waals surface area contributed by atoms with E-state index < -0.39 is 0 Å². The van der Waals surface area contributed by atoms with Gasteiger partial charge >= 0.3 is 0 Å². The lowest BCUT2D eigenvalue weighted by atomic mass is 10.00. The van der Waals surface area contributed by atoms with Gasteiger partial charge < -0.3 is 19.7 Å². The molecule has 0 amide bonds. The summed E-state index contributed by atoms with van der Waals surface area (Å²) < 4.78 is 11.5. The molecule has 1 aromatic rings. The van der Waals surface area contributed by atoms with E-state index >= 15 is 0 Å². The predicted molar refractivity (Wildman–Crippen MR) is 129 cm³/mol. The first kappa shape index (κ1) is 24.4. The van der Waals surface area contributed by atoms with Crippen molar-refractivity contribution in [2.75, 3.05) is 66.1 Å². The van der Waals surface area contributed by atoms with Crippen LogP contribution in [0.3, 0.4) is 0 Å². The zero-order chi connectivity index (χ0) is 19.8. The van der Waals surface area contributed by atoms with Crippen molar-refractivity contribution in [2.24, 2.45) is 4.99 Å². The van der Waals surface area contributed by atoms with Crippen LogP contribution >= 0.6 is 24.0 Å². The molecular formula is C22H37IN4O2. The lowest BCUT2D eigenvalue weighted by Gasteiger charge is -2.36. The van der Waals surface area contributed by atoms with Gasteiger partial charge in [-0.2, -0.15) is 0 Å². The number of hydrogen-bond donors (Lipinski definition) is 1. The van der Waals surface area contributed by atoms with Crippen molar-refractivity contribution in [3.05, 3.63) is 34.9 Å². The van der Waals surface area contributed by atoms with Crippen LogP contribution in [0.1, 0.15) is 35.6 Å². The Morgan fingerprint density at radius 1 is 1.14 bits per heavy atom. The summed E-state index contributed by atoms with van der Waals surface area (Å²) in [5.41, 5.74) is 3.89. The number of nitrogens with zero attached hydrogens (tertiary/aromatic N) is 3. The molecule has 29 heavy (non-hydrogen) atoms. The highest BCUT2D eigenvalue weighted by Gasteiger charge is 2.25. The number of halogens is 1. The molecule has 0 radical (unpaired) electrons.